The molecule has 2 radical (unpaired) electrons. The van der Waals surface area contributed by atoms with E-state index in [2.05, 4.69) is 6.07 Å². The van der Waals surface area contributed by atoms with Gasteiger partial charge in [-0.1, -0.05) is 30.3 Å². The van der Waals surface area contributed by atoms with Crippen LogP contribution in [0.2, 0.25) is 0 Å². The van der Waals surface area contributed by atoms with Crippen molar-refractivity contribution in [1.29, 1.82) is 0 Å². The smallest absolute Gasteiger partial charge is 0.194 e. The number of hydrogen-bond donors (Lipinski definition) is 0. The fraction of sp³-hybridized carbons (Fsp3) is 0. The molecule has 0 amide bonds. The van der Waals surface area contributed by atoms with Gasteiger partial charge in [-0.25, -0.2) is 0 Å². The topological polar surface area (TPSA) is 19.9 Å². The van der Waals surface area contributed by atoms with Gasteiger partial charge >= 0.3 is 0 Å². The highest BCUT2D eigenvalue weighted by molar-refractivity contribution is 5.87. The standard InChI is InChI=1S/C10H6O/c11-10-7-3-5-8-4-1-2-6-9(8)10/h1-6H. The van der Waals surface area contributed by atoms with Crippen molar-refractivity contribution in [3.8, 4) is 5.75 Å². The van der Waals surface area contributed by atoms with Crippen LogP contribution in [0.5, 0.6) is 5.75 Å². The van der Waals surface area contributed by atoms with Gasteiger partial charge in [0.05, 0.1) is 0 Å². The third-order valence-corrected chi connectivity index (χ3v) is 1.68. The Balaban J connectivity index is 2.91. The highest BCUT2D eigenvalue weighted by Gasteiger charge is 1.97. The van der Waals surface area contributed by atoms with Gasteiger partial charge in [-0.15, -0.1) is 0 Å². The maximum Gasteiger partial charge on any atom is 0.194 e. The predicted molar refractivity (Wildman–Crippen MR) is 42.9 cm³/mol. The summed E-state index contributed by atoms with van der Waals surface area (Å²) in [6.45, 7) is 0. The third kappa shape index (κ3) is 0.944. The number of hydrogen-bond acceptors (Lipinski definition) is 0. The SMILES string of the molecule is [O]c1[c]ccc2ccccc12. The molecular formula is C10H6O. The molecule has 0 aliphatic heterocycles. The fourth-order valence-electron chi connectivity index (χ4n) is 1.13. The molecule has 0 spiro atoms. The molecule has 0 aliphatic rings. The molecule has 0 aromatic heterocycles. The van der Waals surface area contributed by atoms with E-state index in [1.165, 1.54) is 0 Å². The summed E-state index contributed by atoms with van der Waals surface area (Å²) in [6, 6.07) is 13.7. The van der Waals surface area contributed by atoms with Gasteiger partial charge in [0.15, 0.2) is 5.75 Å². The Hall–Kier alpha value is -1.50. The summed E-state index contributed by atoms with van der Waals surface area (Å²) in [5.41, 5.74) is 0. The van der Waals surface area contributed by atoms with Crippen molar-refractivity contribution in [2.45, 2.75) is 0 Å². The molecule has 0 heterocycles. The summed E-state index contributed by atoms with van der Waals surface area (Å²) in [5.74, 6) is -0.0249. The van der Waals surface area contributed by atoms with E-state index in [1.807, 2.05) is 30.3 Å². The van der Waals surface area contributed by atoms with Crippen LogP contribution in [0.4, 0.5) is 0 Å². The largest absolute Gasteiger partial charge is 0.289 e. The lowest BCUT2D eigenvalue weighted by atomic mass is 10.1. The van der Waals surface area contributed by atoms with Gasteiger partial charge in [-0.05, 0) is 11.5 Å². The highest BCUT2D eigenvalue weighted by Crippen LogP contribution is 2.23. The lowest BCUT2D eigenvalue weighted by Gasteiger charge is -1.94. The molecule has 11 heavy (non-hydrogen) atoms. The van der Waals surface area contributed by atoms with Crippen molar-refractivity contribution in [1.82, 2.24) is 0 Å². The molecule has 2 aromatic carbocycles. The zero-order valence-corrected chi connectivity index (χ0v) is 5.87. The first-order chi connectivity index (χ1) is 5.38. The Morgan fingerprint density at radius 1 is 1.09 bits per heavy atom. The quantitative estimate of drug-likeness (QED) is 0.539. The first-order valence-corrected chi connectivity index (χ1v) is 3.44. The molecule has 1 nitrogen and oxygen atoms in total. The van der Waals surface area contributed by atoms with Crippen LogP contribution in [0.15, 0.2) is 36.4 Å². The number of benzene rings is 2. The van der Waals surface area contributed by atoms with Crippen molar-refractivity contribution >= 4 is 10.8 Å². The molecule has 0 N–H and O–H groups in total. The van der Waals surface area contributed by atoms with Crippen LogP contribution in [0, 0.1) is 6.07 Å². The van der Waals surface area contributed by atoms with Crippen LogP contribution in [-0.2, 0) is 5.11 Å². The van der Waals surface area contributed by atoms with Crippen molar-refractivity contribution < 1.29 is 5.11 Å². The van der Waals surface area contributed by atoms with Gasteiger partial charge in [0.1, 0.15) is 0 Å². The van der Waals surface area contributed by atoms with Crippen molar-refractivity contribution in [3.05, 3.63) is 42.5 Å². The predicted octanol–water partition coefficient (Wildman–Crippen LogP) is 2.78. The van der Waals surface area contributed by atoms with E-state index in [-0.39, 0.29) is 5.75 Å². The lowest BCUT2D eigenvalue weighted by Crippen LogP contribution is -1.70. The molecule has 0 aliphatic carbocycles. The molecule has 0 fully saturated rings. The highest BCUT2D eigenvalue weighted by atomic mass is 16.3. The zero-order chi connectivity index (χ0) is 7.68. The lowest BCUT2D eigenvalue weighted by molar-refractivity contribution is 0.359. The van der Waals surface area contributed by atoms with Gasteiger partial charge in [-0.3, -0.25) is 5.11 Å². The maximum atomic E-state index is 11.1. The molecular weight excluding hydrogens is 136 g/mol. The second kappa shape index (κ2) is 2.27. The van der Waals surface area contributed by atoms with Crippen LogP contribution in [0.25, 0.3) is 10.8 Å². The molecule has 0 atom stereocenters. The van der Waals surface area contributed by atoms with Crippen molar-refractivity contribution in [3.63, 3.8) is 0 Å². The minimum Gasteiger partial charge on any atom is -0.289 e. The molecule has 1 heteroatoms. The van der Waals surface area contributed by atoms with Crippen molar-refractivity contribution in [2.24, 2.45) is 0 Å². The molecule has 52 valence electrons. The Kier molecular flexibility index (Phi) is 1.29. The van der Waals surface area contributed by atoms with E-state index in [9.17, 15) is 5.11 Å². The van der Waals surface area contributed by atoms with E-state index in [0.717, 1.165) is 10.8 Å². The van der Waals surface area contributed by atoms with Gasteiger partial charge in [0, 0.05) is 11.5 Å². The van der Waals surface area contributed by atoms with Crippen LogP contribution < -0.4 is 0 Å². The minimum atomic E-state index is -0.0249. The van der Waals surface area contributed by atoms with E-state index < -0.39 is 0 Å². The van der Waals surface area contributed by atoms with Gasteiger partial charge in [0.25, 0.3) is 0 Å². The second-order valence-corrected chi connectivity index (χ2v) is 2.39. The molecule has 0 bridgehead atoms. The molecule has 0 unspecified atom stereocenters. The number of rotatable bonds is 0. The summed E-state index contributed by atoms with van der Waals surface area (Å²) in [7, 11) is 0. The average Bonchev–Trinajstić information content (AvgIpc) is 2.06. The Labute approximate surface area is 64.9 Å². The minimum absolute atomic E-state index is 0.0249. The van der Waals surface area contributed by atoms with Crippen LogP contribution in [0.1, 0.15) is 0 Å². The summed E-state index contributed by atoms with van der Waals surface area (Å²) >= 11 is 0. The normalized spacial score (nSPS) is 10.2. The maximum absolute atomic E-state index is 11.1. The van der Waals surface area contributed by atoms with E-state index in [0.29, 0.717) is 0 Å². The van der Waals surface area contributed by atoms with Gasteiger partial charge in [-0.2, -0.15) is 0 Å². The summed E-state index contributed by atoms with van der Waals surface area (Å²) in [6.07, 6.45) is 0. The Morgan fingerprint density at radius 3 is 2.73 bits per heavy atom. The van der Waals surface area contributed by atoms with Crippen LogP contribution >= 0.6 is 0 Å². The molecule has 0 saturated heterocycles. The Bertz CT molecular complexity index is 374. The first kappa shape index (κ1) is 6.23. The average molecular weight is 142 g/mol. The first-order valence-electron chi connectivity index (χ1n) is 3.44. The summed E-state index contributed by atoms with van der Waals surface area (Å²) in [5, 5.41) is 12.9. The van der Waals surface area contributed by atoms with Crippen LogP contribution in [-0.4, -0.2) is 0 Å². The van der Waals surface area contributed by atoms with Crippen molar-refractivity contribution in [2.75, 3.05) is 0 Å². The van der Waals surface area contributed by atoms with Crippen LogP contribution in [0.3, 0.4) is 0 Å². The van der Waals surface area contributed by atoms with E-state index in [1.54, 1.807) is 6.07 Å². The van der Waals surface area contributed by atoms with E-state index >= 15 is 0 Å². The third-order valence-electron chi connectivity index (χ3n) is 1.68. The zero-order valence-electron chi connectivity index (χ0n) is 5.87. The number of fused-ring (bicyclic) bond motifs is 1. The van der Waals surface area contributed by atoms with E-state index in [4.69, 9.17) is 0 Å². The summed E-state index contributed by atoms with van der Waals surface area (Å²) < 4.78 is 0. The molecule has 2 rings (SSSR count). The van der Waals surface area contributed by atoms with Gasteiger partial charge in [0.2, 0.25) is 0 Å². The second-order valence-electron chi connectivity index (χ2n) is 2.39. The fourth-order valence-corrected chi connectivity index (χ4v) is 1.13. The Morgan fingerprint density at radius 2 is 1.91 bits per heavy atom. The molecule has 0 saturated carbocycles. The molecule has 2 aromatic rings. The monoisotopic (exact) mass is 142 g/mol. The summed E-state index contributed by atoms with van der Waals surface area (Å²) in [4.78, 5) is 0. The van der Waals surface area contributed by atoms with Gasteiger partial charge < -0.3 is 0 Å².